The zero-order chi connectivity index (χ0) is 16.9. The van der Waals surface area contributed by atoms with E-state index in [4.69, 9.17) is 0 Å². The predicted octanol–water partition coefficient (Wildman–Crippen LogP) is 1.74. The molecule has 24 heavy (non-hydrogen) atoms. The number of carbonyl (C=O) groups is 1. The van der Waals surface area contributed by atoms with Crippen LogP contribution in [0, 0.1) is 5.82 Å². The van der Waals surface area contributed by atoms with E-state index in [2.05, 4.69) is 10.6 Å². The Balaban J connectivity index is 0.00000288. The number of alkyl halides is 3. The number of nitrogens with zero attached hydrogens (tertiary/aromatic N) is 1. The predicted molar refractivity (Wildman–Crippen MR) is 84.6 cm³/mol. The Hall–Kier alpha value is -1.38. The van der Waals surface area contributed by atoms with Crippen molar-refractivity contribution in [2.24, 2.45) is 0 Å². The van der Waals surface area contributed by atoms with Crippen LogP contribution in [-0.2, 0) is 11.2 Å². The van der Waals surface area contributed by atoms with Gasteiger partial charge in [-0.1, -0.05) is 12.1 Å². The third-order valence-corrected chi connectivity index (χ3v) is 3.72. The van der Waals surface area contributed by atoms with Crippen LogP contribution in [0.25, 0.3) is 0 Å². The molecule has 1 heterocycles. The number of halogens is 5. The Morgan fingerprint density at radius 3 is 2.54 bits per heavy atom. The van der Waals surface area contributed by atoms with E-state index in [0.717, 1.165) is 0 Å². The van der Waals surface area contributed by atoms with E-state index < -0.39 is 30.5 Å². The van der Waals surface area contributed by atoms with Crippen LogP contribution >= 0.6 is 12.4 Å². The second-order valence-electron chi connectivity index (χ2n) is 5.45. The maximum absolute atomic E-state index is 13.2. The second-order valence-corrected chi connectivity index (χ2v) is 5.45. The van der Waals surface area contributed by atoms with Crippen molar-refractivity contribution >= 4 is 18.3 Å². The topological polar surface area (TPSA) is 44.4 Å². The van der Waals surface area contributed by atoms with E-state index in [1.165, 1.54) is 23.1 Å². The summed E-state index contributed by atoms with van der Waals surface area (Å²) in [5.74, 6) is -1.04. The molecule has 0 aliphatic carbocycles. The minimum absolute atomic E-state index is 0. The summed E-state index contributed by atoms with van der Waals surface area (Å²) in [6, 6.07) is 3.74. The highest BCUT2D eigenvalue weighted by molar-refractivity contribution is 5.85. The molecule has 2 rings (SSSR count). The van der Waals surface area contributed by atoms with Gasteiger partial charge in [0.25, 0.3) is 0 Å². The fourth-order valence-electron chi connectivity index (χ4n) is 2.55. The third-order valence-electron chi connectivity index (χ3n) is 3.72. The lowest BCUT2D eigenvalue weighted by Gasteiger charge is -2.35. The van der Waals surface area contributed by atoms with E-state index in [1.807, 2.05) is 0 Å². The lowest BCUT2D eigenvalue weighted by Crippen LogP contribution is -2.57. The minimum Gasteiger partial charge on any atom is -0.354 e. The molecule has 9 heteroatoms. The summed E-state index contributed by atoms with van der Waals surface area (Å²) >= 11 is 0. The monoisotopic (exact) mass is 369 g/mol. The van der Waals surface area contributed by atoms with E-state index >= 15 is 0 Å². The molecule has 1 aliphatic rings. The van der Waals surface area contributed by atoms with Gasteiger partial charge in [-0.3, -0.25) is 9.69 Å². The first kappa shape index (κ1) is 20.7. The van der Waals surface area contributed by atoms with E-state index in [9.17, 15) is 22.4 Å². The highest BCUT2D eigenvalue weighted by Crippen LogP contribution is 2.24. The smallest absolute Gasteiger partial charge is 0.354 e. The molecule has 1 aliphatic heterocycles. The third kappa shape index (κ3) is 6.26. The van der Waals surface area contributed by atoms with Crippen LogP contribution < -0.4 is 10.6 Å². The Morgan fingerprint density at radius 2 is 1.96 bits per heavy atom. The molecule has 4 nitrogen and oxygen atoms in total. The van der Waals surface area contributed by atoms with Crippen molar-refractivity contribution in [3.63, 3.8) is 0 Å². The van der Waals surface area contributed by atoms with Gasteiger partial charge in [-0.15, -0.1) is 12.4 Å². The van der Waals surface area contributed by atoms with Crippen LogP contribution in [0.4, 0.5) is 17.6 Å². The van der Waals surface area contributed by atoms with Crippen LogP contribution in [0.5, 0.6) is 0 Å². The normalized spacial score (nSPS) is 17.0. The second kappa shape index (κ2) is 9.19. The van der Waals surface area contributed by atoms with Crippen molar-refractivity contribution in [2.45, 2.75) is 18.6 Å². The lowest BCUT2D eigenvalue weighted by molar-refractivity contribution is -0.184. The number of carbonyl (C=O) groups excluding carboxylic acids is 1. The van der Waals surface area contributed by atoms with Gasteiger partial charge in [0.05, 0.1) is 6.42 Å². The van der Waals surface area contributed by atoms with Crippen molar-refractivity contribution in [3.8, 4) is 0 Å². The summed E-state index contributed by atoms with van der Waals surface area (Å²) in [6.45, 7) is 1.04. The molecule has 0 radical (unpaired) electrons. The van der Waals surface area contributed by atoms with Crippen molar-refractivity contribution in [2.75, 3.05) is 32.7 Å². The van der Waals surface area contributed by atoms with Crippen molar-refractivity contribution < 1.29 is 22.4 Å². The van der Waals surface area contributed by atoms with Crippen LogP contribution in [0.3, 0.4) is 0 Å². The molecule has 0 bridgehead atoms. The largest absolute Gasteiger partial charge is 0.405 e. The van der Waals surface area contributed by atoms with Crippen LogP contribution in [0.1, 0.15) is 5.56 Å². The SMILES string of the molecule is Cl.O=C(Cc1cccc(F)c1)NCC(N1CCNCC1)C(F)(F)F. The fraction of sp³-hybridized carbons (Fsp3) is 0.533. The van der Waals surface area contributed by atoms with Crippen molar-refractivity contribution in [3.05, 3.63) is 35.6 Å². The molecule has 136 valence electrons. The number of benzene rings is 1. The average molecular weight is 370 g/mol. The Kier molecular flexibility index (Phi) is 7.92. The molecule has 1 aromatic rings. The number of piperazine rings is 1. The van der Waals surface area contributed by atoms with Gasteiger partial charge in [0.1, 0.15) is 11.9 Å². The fourth-order valence-corrected chi connectivity index (χ4v) is 2.55. The summed E-state index contributed by atoms with van der Waals surface area (Å²) in [4.78, 5) is 13.1. The molecule has 1 atom stereocenters. The molecule has 1 unspecified atom stereocenters. The summed E-state index contributed by atoms with van der Waals surface area (Å²) in [5, 5.41) is 5.30. The summed E-state index contributed by atoms with van der Waals surface area (Å²) in [6.07, 6.45) is -4.56. The van der Waals surface area contributed by atoms with E-state index in [1.54, 1.807) is 6.07 Å². The summed E-state index contributed by atoms with van der Waals surface area (Å²) in [5.41, 5.74) is 0.424. The first-order valence-electron chi connectivity index (χ1n) is 7.39. The van der Waals surface area contributed by atoms with Crippen molar-refractivity contribution in [1.82, 2.24) is 15.5 Å². The van der Waals surface area contributed by atoms with Gasteiger partial charge < -0.3 is 10.6 Å². The minimum atomic E-state index is -4.41. The van der Waals surface area contributed by atoms with Gasteiger partial charge in [-0.2, -0.15) is 13.2 Å². The number of hydrogen-bond acceptors (Lipinski definition) is 3. The number of rotatable bonds is 5. The Bertz CT molecular complexity index is 536. The zero-order valence-corrected chi connectivity index (χ0v) is 13.7. The standard InChI is InChI=1S/C15H19F4N3O.ClH/c16-12-3-1-2-11(8-12)9-14(23)21-10-13(15(17,18)19)22-6-4-20-5-7-22;/h1-3,8,13,20H,4-7,9-10H2,(H,21,23);1H. The van der Waals surface area contributed by atoms with E-state index in [0.29, 0.717) is 18.7 Å². The van der Waals surface area contributed by atoms with Crippen LogP contribution in [0.15, 0.2) is 24.3 Å². The van der Waals surface area contributed by atoms with E-state index in [-0.39, 0.29) is 31.9 Å². The molecule has 0 aromatic heterocycles. The molecule has 0 saturated carbocycles. The summed E-state index contributed by atoms with van der Waals surface area (Å²) < 4.78 is 52.6. The molecule has 1 saturated heterocycles. The van der Waals surface area contributed by atoms with Gasteiger partial charge in [0.2, 0.25) is 5.91 Å². The van der Waals surface area contributed by atoms with Crippen LogP contribution in [0.2, 0.25) is 0 Å². The highest BCUT2D eigenvalue weighted by atomic mass is 35.5. The molecule has 0 spiro atoms. The molecule has 1 amide bonds. The number of hydrogen-bond donors (Lipinski definition) is 2. The molecule has 1 fully saturated rings. The first-order valence-corrected chi connectivity index (χ1v) is 7.39. The Labute approximate surface area is 144 Å². The van der Waals surface area contributed by atoms with Crippen LogP contribution in [-0.4, -0.2) is 55.7 Å². The van der Waals surface area contributed by atoms with Gasteiger partial charge >= 0.3 is 6.18 Å². The maximum Gasteiger partial charge on any atom is 0.405 e. The molecular formula is C15H20ClF4N3O. The van der Waals surface area contributed by atoms with Gasteiger partial charge in [0.15, 0.2) is 0 Å². The highest BCUT2D eigenvalue weighted by Gasteiger charge is 2.43. The molecular weight excluding hydrogens is 350 g/mol. The average Bonchev–Trinajstić information content (AvgIpc) is 2.47. The summed E-state index contributed by atoms with van der Waals surface area (Å²) in [7, 11) is 0. The van der Waals surface area contributed by atoms with Gasteiger partial charge in [-0.25, -0.2) is 4.39 Å². The lowest BCUT2D eigenvalue weighted by atomic mass is 10.1. The molecule has 2 N–H and O–H groups in total. The first-order chi connectivity index (χ1) is 10.9. The van der Waals surface area contributed by atoms with Crippen molar-refractivity contribution in [1.29, 1.82) is 0 Å². The number of nitrogens with one attached hydrogen (secondary N) is 2. The van der Waals surface area contributed by atoms with Gasteiger partial charge in [-0.05, 0) is 17.7 Å². The molecule has 1 aromatic carbocycles. The van der Waals surface area contributed by atoms with Gasteiger partial charge in [0, 0.05) is 32.7 Å². The maximum atomic E-state index is 13.2. The number of amides is 1. The Morgan fingerprint density at radius 1 is 1.29 bits per heavy atom. The zero-order valence-electron chi connectivity index (χ0n) is 12.9. The quantitative estimate of drug-likeness (QED) is 0.777.